The van der Waals surface area contributed by atoms with Crippen LogP contribution in [-0.4, -0.2) is 17.0 Å². The predicted molar refractivity (Wildman–Crippen MR) is 93.5 cm³/mol. The number of alkyl halides is 8. The second-order valence-corrected chi connectivity index (χ2v) is 6.37. The van der Waals surface area contributed by atoms with E-state index in [0.29, 0.717) is 4.57 Å². The van der Waals surface area contributed by atoms with Crippen LogP contribution < -0.4 is 16.5 Å². The highest BCUT2D eigenvalue weighted by Gasteiger charge is 2.63. The first kappa shape index (κ1) is 24.3. The third-order valence-corrected chi connectivity index (χ3v) is 4.30. The van der Waals surface area contributed by atoms with Crippen molar-refractivity contribution in [1.82, 2.24) is 4.57 Å². The Bertz CT molecular complexity index is 1010. The van der Waals surface area contributed by atoms with Crippen LogP contribution in [0.1, 0.15) is 22.3 Å². The Morgan fingerprint density at radius 1 is 1.10 bits per heavy atom. The zero-order valence-corrected chi connectivity index (χ0v) is 15.7. The first-order valence-corrected chi connectivity index (χ1v) is 8.37. The van der Waals surface area contributed by atoms with Crippen LogP contribution in [0.5, 0.6) is 0 Å². The van der Waals surface area contributed by atoms with Crippen molar-refractivity contribution in [1.29, 1.82) is 0 Å². The Kier molecular flexibility index (Phi) is 6.50. The molecule has 0 bridgehead atoms. The lowest BCUT2D eigenvalue weighted by molar-refractivity contribution is -0.358. The molecular formula is C18H16F9N4+. The van der Waals surface area contributed by atoms with Gasteiger partial charge >= 0.3 is 18.3 Å². The molecule has 0 amide bonds. The van der Waals surface area contributed by atoms with Gasteiger partial charge in [-0.2, -0.15) is 35.1 Å². The normalized spacial score (nSPS) is 14.0. The van der Waals surface area contributed by atoms with Crippen LogP contribution >= 0.6 is 0 Å². The fourth-order valence-electron chi connectivity index (χ4n) is 2.76. The lowest BCUT2D eigenvalue weighted by Crippen LogP contribution is -2.64. The number of nitrogens with zero attached hydrogens (tertiary/aromatic N) is 1. The molecule has 0 saturated heterocycles. The number of aromatic nitrogens is 1. The molecule has 0 spiro atoms. The maximum Gasteiger partial charge on any atom is 0.458 e. The molecule has 31 heavy (non-hydrogen) atoms. The summed E-state index contributed by atoms with van der Waals surface area (Å²) in [5.41, 5.74) is 6.64. The fourth-order valence-corrected chi connectivity index (χ4v) is 2.76. The van der Waals surface area contributed by atoms with Gasteiger partial charge in [-0.25, -0.2) is 13.9 Å². The molecule has 0 aliphatic rings. The molecule has 1 heterocycles. The van der Waals surface area contributed by atoms with Crippen molar-refractivity contribution < 1.29 is 44.5 Å². The van der Waals surface area contributed by atoms with Crippen molar-refractivity contribution in [3.63, 3.8) is 0 Å². The van der Waals surface area contributed by atoms with Crippen molar-refractivity contribution >= 4 is 17.6 Å². The largest absolute Gasteiger partial charge is 0.458 e. The quantitative estimate of drug-likeness (QED) is 0.475. The van der Waals surface area contributed by atoms with Gasteiger partial charge in [0.1, 0.15) is 12.0 Å². The van der Waals surface area contributed by atoms with Crippen LogP contribution in [0.2, 0.25) is 0 Å². The number of halogens is 9. The van der Waals surface area contributed by atoms with E-state index in [0.717, 1.165) is 25.5 Å². The predicted octanol–water partition coefficient (Wildman–Crippen LogP) is 3.08. The van der Waals surface area contributed by atoms with Gasteiger partial charge in [0.25, 0.3) is 5.82 Å². The van der Waals surface area contributed by atoms with Gasteiger partial charge in [0.05, 0.1) is 18.8 Å². The van der Waals surface area contributed by atoms with E-state index in [1.165, 1.54) is 12.1 Å². The van der Waals surface area contributed by atoms with E-state index in [1.54, 1.807) is 0 Å². The number of hydrogen-bond donors (Lipinski definition) is 3. The zero-order chi connectivity index (χ0) is 23.8. The number of hydrogen-bond acceptors (Lipinski definition) is 2. The monoisotopic (exact) mass is 459 g/mol. The van der Waals surface area contributed by atoms with E-state index in [1.807, 2.05) is 0 Å². The summed E-state index contributed by atoms with van der Waals surface area (Å²) >= 11 is 0. The molecule has 0 unspecified atom stereocenters. The molecule has 0 fully saturated rings. The number of allylic oxidation sites excluding steroid dienone is 1. The number of nitrogens with one attached hydrogen (secondary N) is 1. The number of nitrogens with two attached hydrogens (primary N) is 2. The molecule has 13 heteroatoms. The van der Waals surface area contributed by atoms with E-state index in [-0.39, 0.29) is 29.4 Å². The average Bonchev–Trinajstić information content (AvgIpc) is 3.00. The minimum atomic E-state index is -6.25. The summed E-state index contributed by atoms with van der Waals surface area (Å²) in [5.74, 6) is -7.47. The van der Waals surface area contributed by atoms with Gasteiger partial charge in [-0.05, 0) is 17.7 Å². The molecule has 0 atom stereocenters. The molecule has 0 aliphatic heterocycles. The Morgan fingerprint density at radius 3 is 2.19 bits per heavy atom. The summed E-state index contributed by atoms with van der Waals surface area (Å²) in [5, 5.41) is 0. The van der Waals surface area contributed by atoms with Crippen molar-refractivity contribution in [2.45, 2.75) is 24.8 Å². The van der Waals surface area contributed by atoms with Gasteiger partial charge in [0.15, 0.2) is 5.56 Å². The smallest absolute Gasteiger partial charge is 0.404 e. The third-order valence-electron chi connectivity index (χ3n) is 4.30. The Hall–Kier alpha value is -2.96. The third kappa shape index (κ3) is 4.70. The molecule has 2 rings (SSSR count). The minimum Gasteiger partial charge on any atom is -0.404 e. The zero-order valence-electron chi connectivity index (χ0n) is 15.7. The topological polar surface area (TPSA) is 70.9 Å². The second kappa shape index (κ2) is 8.29. The highest BCUT2D eigenvalue weighted by Crippen LogP contribution is 2.50. The molecule has 1 aromatic heterocycles. The highest BCUT2D eigenvalue weighted by atomic mass is 19.4. The van der Waals surface area contributed by atoms with Crippen LogP contribution in [0.3, 0.4) is 0 Å². The molecule has 4 nitrogen and oxygen atoms in total. The Balaban J connectivity index is 2.62. The number of rotatable bonds is 5. The second-order valence-electron chi connectivity index (χ2n) is 6.37. The maximum absolute atomic E-state index is 13.7. The van der Waals surface area contributed by atoms with E-state index in [2.05, 4.69) is 4.99 Å². The fraction of sp³-hybridized carbons (Fsp3) is 0.278. The molecule has 1 aromatic carbocycles. The first-order valence-electron chi connectivity index (χ1n) is 8.37. The first-order chi connectivity index (χ1) is 14.1. The SMILES string of the molecule is Cn1cc(C(F)(F)C(F)(F)F)c(C(F)(F)F)c1[NH+]=CC(=CN)c1ccc(F)c(CN)c1. The lowest BCUT2D eigenvalue weighted by atomic mass is 10.0. The van der Waals surface area contributed by atoms with Gasteiger partial charge in [0, 0.05) is 23.9 Å². The summed E-state index contributed by atoms with van der Waals surface area (Å²) in [7, 11) is 0.859. The van der Waals surface area contributed by atoms with Crippen molar-refractivity contribution in [3.05, 3.63) is 58.7 Å². The molecule has 2 aromatic rings. The van der Waals surface area contributed by atoms with Gasteiger partial charge in [-0.3, -0.25) is 0 Å². The molecule has 0 radical (unpaired) electrons. The molecule has 5 N–H and O–H groups in total. The highest BCUT2D eigenvalue weighted by molar-refractivity contribution is 6.07. The van der Waals surface area contributed by atoms with Gasteiger partial charge in [-0.15, -0.1) is 0 Å². The van der Waals surface area contributed by atoms with Crippen LogP contribution in [0.25, 0.3) is 5.57 Å². The summed E-state index contributed by atoms with van der Waals surface area (Å²) in [6.45, 7) is -0.198. The molecule has 170 valence electrons. The van der Waals surface area contributed by atoms with Crippen molar-refractivity contribution in [2.24, 2.45) is 18.5 Å². The summed E-state index contributed by atoms with van der Waals surface area (Å²) in [6.07, 6.45) is -9.97. The average molecular weight is 459 g/mol. The summed E-state index contributed by atoms with van der Waals surface area (Å²) < 4.78 is 120. The summed E-state index contributed by atoms with van der Waals surface area (Å²) in [6, 6.07) is 3.51. The Labute approximate surface area is 169 Å². The lowest BCUT2D eigenvalue weighted by Gasteiger charge is -2.19. The van der Waals surface area contributed by atoms with Crippen LogP contribution in [0.15, 0.2) is 30.6 Å². The van der Waals surface area contributed by atoms with Gasteiger partial charge < -0.3 is 11.5 Å². The maximum atomic E-state index is 13.7. The van der Waals surface area contributed by atoms with Gasteiger partial charge in [0.2, 0.25) is 0 Å². The van der Waals surface area contributed by atoms with Crippen LogP contribution in [0, 0.1) is 5.82 Å². The number of benzene rings is 1. The standard InChI is InChI=1S/C18H15F9N4/c1-31-8-12(16(20,21)18(25,26)27)14(17(22,23)24)15(31)30-7-11(6-29)9-2-3-13(19)10(4-9)5-28/h2-4,6-8H,5,28-29H2,1H3/p+1. The van der Waals surface area contributed by atoms with Crippen LogP contribution in [-0.2, 0) is 25.7 Å². The molecule has 0 saturated carbocycles. The van der Waals surface area contributed by atoms with E-state index in [9.17, 15) is 39.5 Å². The van der Waals surface area contributed by atoms with Crippen molar-refractivity contribution in [2.75, 3.05) is 0 Å². The van der Waals surface area contributed by atoms with E-state index < -0.39 is 41.0 Å². The summed E-state index contributed by atoms with van der Waals surface area (Å²) in [4.78, 5) is 2.08. The van der Waals surface area contributed by atoms with Gasteiger partial charge in [-0.1, -0.05) is 6.07 Å². The van der Waals surface area contributed by atoms with E-state index >= 15 is 0 Å². The minimum absolute atomic E-state index is 0.00634. The molecule has 0 aliphatic carbocycles. The van der Waals surface area contributed by atoms with Crippen molar-refractivity contribution in [3.8, 4) is 0 Å². The van der Waals surface area contributed by atoms with Crippen LogP contribution in [0.4, 0.5) is 45.3 Å². The molecular weight excluding hydrogens is 443 g/mol. The van der Waals surface area contributed by atoms with E-state index in [4.69, 9.17) is 11.5 Å². The number of aryl methyl sites for hydroxylation is 1. The Morgan fingerprint density at radius 2 is 1.71 bits per heavy atom.